The molecule has 0 aliphatic rings. The molecule has 1 heterocycles. The van der Waals surface area contributed by atoms with Gasteiger partial charge in [0.15, 0.2) is 9.84 Å². The molecule has 0 saturated heterocycles. The van der Waals surface area contributed by atoms with E-state index in [2.05, 4.69) is 9.97 Å². The molecule has 3 rings (SSSR count). The van der Waals surface area contributed by atoms with E-state index < -0.39 is 9.84 Å². The van der Waals surface area contributed by atoms with Crippen molar-refractivity contribution < 1.29 is 8.42 Å². The van der Waals surface area contributed by atoms with Crippen molar-refractivity contribution >= 4 is 20.9 Å². The van der Waals surface area contributed by atoms with E-state index in [1.54, 1.807) is 6.07 Å². The molecule has 0 aliphatic carbocycles. The van der Waals surface area contributed by atoms with E-state index in [0.717, 1.165) is 17.3 Å². The number of hydrogen-bond donors (Lipinski definition) is 1. The predicted molar refractivity (Wildman–Crippen MR) is 79.4 cm³/mol. The molecule has 1 N–H and O–H groups in total. The van der Waals surface area contributed by atoms with Crippen LogP contribution in [0.2, 0.25) is 0 Å². The summed E-state index contributed by atoms with van der Waals surface area (Å²) in [6, 6.07) is 14.1. The zero-order chi connectivity index (χ0) is 15.0. The Kier molecular flexibility index (Phi) is 3.00. The number of sulfone groups is 1. The Labute approximate surface area is 121 Å². The summed E-state index contributed by atoms with van der Waals surface area (Å²) in [6.45, 7) is 0. The highest BCUT2D eigenvalue weighted by atomic mass is 32.2. The summed E-state index contributed by atoms with van der Waals surface area (Å²) >= 11 is 0. The highest BCUT2D eigenvalue weighted by Crippen LogP contribution is 2.24. The third-order valence-electron chi connectivity index (χ3n) is 3.16. The van der Waals surface area contributed by atoms with Crippen LogP contribution in [-0.4, -0.2) is 24.6 Å². The number of H-pyrrole nitrogens is 1. The second-order valence-electron chi connectivity index (χ2n) is 4.70. The van der Waals surface area contributed by atoms with Gasteiger partial charge in [-0.25, -0.2) is 13.4 Å². The van der Waals surface area contributed by atoms with Crippen molar-refractivity contribution in [2.75, 3.05) is 6.26 Å². The normalized spacial score (nSPS) is 11.4. The third kappa shape index (κ3) is 2.39. The lowest BCUT2D eigenvalue weighted by atomic mass is 10.1. The molecule has 21 heavy (non-hydrogen) atoms. The van der Waals surface area contributed by atoms with E-state index in [-0.39, 0.29) is 10.5 Å². The minimum Gasteiger partial charge on any atom is -0.338 e. The van der Waals surface area contributed by atoms with E-state index in [1.165, 1.54) is 12.1 Å². The third-order valence-corrected chi connectivity index (χ3v) is 4.32. The molecule has 3 aromatic rings. The number of rotatable bonds is 2. The largest absolute Gasteiger partial charge is 0.338 e. The van der Waals surface area contributed by atoms with E-state index in [4.69, 9.17) is 5.26 Å². The monoisotopic (exact) mass is 297 g/mol. The topological polar surface area (TPSA) is 86.6 Å². The van der Waals surface area contributed by atoms with Crippen molar-refractivity contribution in [1.82, 2.24) is 9.97 Å². The van der Waals surface area contributed by atoms with Crippen molar-refractivity contribution in [2.24, 2.45) is 0 Å². The highest BCUT2D eigenvalue weighted by Gasteiger charge is 2.15. The lowest BCUT2D eigenvalue weighted by molar-refractivity contribution is 0.601. The summed E-state index contributed by atoms with van der Waals surface area (Å²) in [5, 5.41) is 9.15. The summed E-state index contributed by atoms with van der Waals surface area (Å²) in [5.41, 5.74) is 2.50. The zero-order valence-electron chi connectivity index (χ0n) is 11.2. The Morgan fingerprint density at radius 3 is 2.62 bits per heavy atom. The van der Waals surface area contributed by atoms with Crippen molar-refractivity contribution in [1.29, 1.82) is 5.26 Å². The number of aromatic nitrogens is 2. The first-order valence-electron chi connectivity index (χ1n) is 6.18. The first-order valence-corrected chi connectivity index (χ1v) is 8.07. The van der Waals surface area contributed by atoms with Crippen molar-refractivity contribution in [3.63, 3.8) is 0 Å². The number of fused-ring (bicyclic) bond motifs is 1. The van der Waals surface area contributed by atoms with E-state index in [9.17, 15) is 8.42 Å². The van der Waals surface area contributed by atoms with Crippen LogP contribution in [-0.2, 0) is 9.84 Å². The van der Waals surface area contributed by atoms with Crippen LogP contribution in [0.5, 0.6) is 0 Å². The molecule has 2 aromatic carbocycles. The lowest BCUT2D eigenvalue weighted by Crippen LogP contribution is -2.00. The molecule has 0 saturated carbocycles. The number of benzene rings is 2. The molecule has 0 spiro atoms. The SMILES string of the molecule is CS(=O)(=O)c1ccc(-c2nc3ccccc3[nH]2)cc1C#N. The van der Waals surface area contributed by atoms with Crippen LogP contribution in [0.15, 0.2) is 47.4 Å². The van der Waals surface area contributed by atoms with Gasteiger partial charge in [0, 0.05) is 11.8 Å². The molecular formula is C15H11N3O2S. The summed E-state index contributed by atoms with van der Waals surface area (Å²) in [6.07, 6.45) is 1.09. The number of imidazole rings is 1. The highest BCUT2D eigenvalue weighted by molar-refractivity contribution is 7.90. The lowest BCUT2D eigenvalue weighted by Gasteiger charge is -2.03. The van der Waals surface area contributed by atoms with Crippen LogP contribution >= 0.6 is 0 Å². The zero-order valence-corrected chi connectivity index (χ0v) is 12.0. The molecule has 104 valence electrons. The number of nitrogens with one attached hydrogen (secondary N) is 1. The standard InChI is InChI=1S/C15H11N3O2S/c1-21(19,20)14-7-6-10(8-11(14)9-16)15-17-12-4-2-3-5-13(12)18-15/h2-8H,1H3,(H,17,18). The Balaban J connectivity index is 2.18. The first kappa shape index (κ1) is 13.3. The van der Waals surface area contributed by atoms with Crippen LogP contribution in [0.25, 0.3) is 22.4 Å². The van der Waals surface area contributed by atoms with Crippen LogP contribution < -0.4 is 0 Å². The Bertz CT molecular complexity index is 949. The molecule has 0 aliphatic heterocycles. The molecule has 6 heteroatoms. The predicted octanol–water partition coefficient (Wildman–Crippen LogP) is 2.51. The minimum atomic E-state index is -3.42. The maximum Gasteiger partial charge on any atom is 0.176 e. The van der Waals surface area contributed by atoms with Gasteiger partial charge < -0.3 is 4.98 Å². The fraction of sp³-hybridized carbons (Fsp3) is 0.0667. The Hall–Kier alpha value is -2.65. The fourth-order valence-corrected chi connectivity index (χ4v) is 3.00. The average molecular weight is 297 g/mol. The van der Waals surface area contributed by atoms with Gasteiger partial charge in [-0.15, -0.1) is 0 Å². The summed E-state index contributed by atoms with van der Waals surface area (Å²) < 4.78 is 23.3. The fourth-order valence-electron chi connectivity index (χ4n) is 2.18. The minimum absolute atomic E-state index is 0.0323. The van der Waals surface area contributed by atoms with Gasteiger partial charge in [0.25, 0.3) is 0 Å². The van der Waals surface area contributed by atoms with E-state index in [1.807, 2.05) is 30.3 Å². The molecule has 0 atom stereocenters. The van der Waals surface area contributed by atoms with Crippen molar-refractivity contribution in [2.45, 2.75) is 4.90 Å². The van der Waals surface area contributed by atoms with E-state index >= 15 is 0 Å². The Morgan fingerprint density at radius 2 is 1.95 bits per heavy atom. The molecule has 0 bridgehead atoms. The van der Waals surface area contributed by atoms with Crippen molar-refractivity contribution in [3.8, 4) is 17.5 Å². The molecular weight excluding hydrogens is 286 g/mol. The van der Waals surface area contributed by atoms with E-state index in [0.29, 0.717) is 11.4 Å². The van der Waals surface area contributed by atoms with Gasteiger partial charge >= 0.3 is 0 Å². The molecule has 0 radical (unpaired) electrons. The average Bonchev–Trinajstić information content (AvgIpc) is 2.89. The van der Waals surface area contributed by atoms with Gasteiger partial charge in [-0.05, 0) is 30.3 Å². The van der Waals surface area contributed by atoms with Crippen molar-refractivity contribution in [3.05, 3.63) is 48.0 Å². The summed E-state index contributed by atoms with van der Waals surface area (Å²) in [7, 11) is -3.42. The van der Waals surface area contributed by atoms with Crippen LogP contribution in [0.4, 0.5) is 0 Å². The van der Waals surface area contributed by atoms with Gasteiger partial charge in [0.05, 0.1) is 21.5 Å². The second-order valence-corrected chi connectivity index (χ2v) is 6.68. The molecule has 0 amide bonds. The number of aromatic amines is 1. The second kappa shape index (κ2) is 4.72. The van der Waals surface area contributed by atoms with Crippen LogP contribution in [0.1, 0.15) is 5.56 Å². The molecule has 0 unspecified atom stereocenters. The molecule has 1 aromatic heterocycles. The summed E-state index contributed by atoms with van der Waals surface area (Å²) in [5.74, 6) is 0.604. The quantitative estimate of drug-likeness (QED) is 0.787. The van der Waals surface area contributed by atoms with Crippen LogP contribution in [0, 0.1) is 11.3 Å². The number of para-hydroxylation sites is 2. The summed E-state index contributed by atoms with van der Waals surface area (Å²) in [4.78, 5) is 7.62. The maximum absolute atomic E-state index is 11.6. The smallest absolute Gasteiger partial charge is 0.176 e. The van der Waals surface area contributed by atoms with Gasteiger partial charge in [-0.1, -0.05) is 12.1 Å². The van der Waals surface area contributed by atoms with Gasteiger partial charge in [-0.2, -0.15) is 5.26 Å². The van der Waals surface area contributed by atoms with Gasteiger partial charge in [0.1, 0.15) is 11.9 Å². The maximum atomic E-state index is 11.6. The van der Waals surface area contributed by atoms with Gasteiger partial charge in [0.2, 0.25) is 0 Å². The molecule has 0 fully saturated rings. The van der Waals surface area contributed by atoms with Crippen LogP contribution in [0.3, 0.4) is 0 Å². The first-order chi connectivity index (χ1) is 9.99. The Morgan fingerprint density at radius 1 is 1.19 bits per heavy atom. The number of nitriles is 1. The number of nitrogens with zero attached hydrogens (tertiary/aromatic N) is 2. The number of hydrogen-bond acceptors (Lipinski definition) is 4. The molecule has 5 nitrogen and oxygen atoms in total. The van der Waals surface area contributed by atoms with Gasteiger partial charge in [-0.3, -0.25) is 0 Å².